The Balaban J connectivity index is 4.30. The molecule has 9 heavy (non-hydrogen) atoms. The fourth-order valence-corrected chi connectivity index (χ4v) is 2.38. The van der Waals surface area contributed by atoms with Gasteiger partial charge >= 0.3 is 0 Å². The molecule has 0 aromatic carbocycles. The van der Waals surface area contributed by atoms with Crippen LogP contribution in [0.4, 0.5) is 0 Å². The van der Waals surface area contributed by atoms with E-state index in [9.17, 15) is 0 Å². The second kappa shape index (κ2) is 3.65. The van der Waals surface area contributed by atoms with Crippen LogP contribution in [0.3, 0.4) is 0 Å². The highest BCUT2D eigenvalue weighted by molar-refractivity contribution is 8.27. The summed E-state index contributed by atoms with van der Waals surface area (Å²) in [5.41, 5.74) is 5.47. The number of thiocarbonyl (C=S) groups is 1. The van der Waals surface area contributed by atoms with E-state index in [1.165, 1.54) is 0 Å². The maximum absolute atomic E-state index is 5.47. The van der Waals surface area contributed by atoms with Gasteiger partial charge in [-0.3, -0.25) is 0 Å². The highest BCUT2D eigenvalue weighted by Crippen LogP contribution is 2.44. The fraction of sp³-hybridized carbons (Fsp3) is 0.800. The zero-order valence-electron chi connectivity index (χ0n) is 5.76. The van der Waals surface area contributed by atoms with Gasteiger partial charge in [0, 0.05) is 6.04 Å². The number of nitrogens with two attached hydrogens (primary N) is 1. The topological polar surface area (TPSA) is 26.0 Å². The molecule has 0 amide bonds. The van der Waals surface area contributed by atoms with Crippen LogP contribution >= 0.6 is 18.3 Å². The van der Waals surface area contributed by atoms with Gasteiger partial charge in [0.2, 0.25) is 0 Å². The van der Waals surface area contributed by atoms with Gasteiger partial charge in [-0.05, 0) is 12.3 Å². The van der Waals surface area contributed by atoms with Crippen molar-refractivity contribution in [2.45, 2.75) is 13.8 Å². The van der Waals surface area contributed by atoms with Crippen LogP contribution in [0.25, 0.3) is 0 Å². The van der Waals surface area contributed by atoms with Gasteiger partial charge in [-0.2, -0.15) is 0 Å². The Kier molecular flexibility index (Phi) is 3.86. The van der Waals surface area contributed by atoms with Crippen LogP contribution in [-0.2, 0) is 11.8 Å². The normalized spacial score (nSPS) is 11.3. The first-order valence-electron chi connectivity index (χ1n) is 2.95. The molecule has 0 saturated heterocycles. The molecule has 0 fully saturated rings. The summed E-state index contributed by atoms with van der Waals surface area (Å²) in [6, 6.07) is -1.41. The summed E-state index contributed by atoms with van der Waals surface area (Å²) < 4.78 is 0.572. The molecular weight excluding hydrogens is 169 g/mol. The maximum atomic E-state index is 5.47. The van der Waals surface area contributed by atoms with Crippen molar-refractivity contribution in [2.75, 3.05) is 12.3 Å². The first-order chi connectivity index (χ1) is 4.06. The lowest BCUT2D eigenvalue weighted by Crippen LogP contribution is -2.11. The van der Waals surface area contributed by atoms with E-state index in [4.69, 9.17) is 29.8 Å². The zero-order valence-corrected chi connectivity index (χ0v) is 8.28. The van der Waals surface area contributed by atoms with Crippen LogP contribution in [-0.4, -0.2) is 17.1 Å². The second-order valence-electron chi connectivity index (χ2n) is 1.86. The Morgan fingerprint density at radius 2 is 1.78 bits per heavy atom. The van der Waals surface area contributed by atoms with Crippen molar-refractivity contribution in [3.8, 4) is 0 Å². The molecule has 0 saturated carbocycles. The average molecular weight is 181 g/mol. The molecule has 0 radical (unpaired) electrons. The van der Waals surface area contributed by atoms with E-state index in [2.05, 4.69) is 13.8 Å². The van der Waals surface area contributed by atoms with E-state index in [-0.39, 0.29) is 0 Å². The minimum Gasteiger partial charge on any atom is -0.389 e. The minimum atomic E-state index is -1.41. The summed E-state index contributed by atoms with van der Waals surface area (Å²) in [6.07, 6.45) is 1.93. The molecule has 0 aliphatic carbocycles. The van der Waals surface area contributed by atoms with Crippen LogP contribution < -0.4 is 5.73 Å². The molecule has 4 heteroatoms. The first kappa shape index (κ1) is 9.54. The van der Waals surface area contributed by atoms with Gasteiger partial charge in [0.05, 0.1) is 0 Å². The van der Waals surface area contributed by atoms with Crippen molar-refractivity contribution in [1.82, 2.24) is 0 Å². The van der Waals surface area contributed by atoms with Crippen molar-refractivity contribution in [1.29, 1.82) is 0 Å². The smallest absolute Gasteiger partial charge is 0.106 e. The quantitative estimate of drug-likeness (QED) is 0.530. The molecule has 0 atom stereocenters. The Morgan fingerprint density at radius 1 is 1.44 bits per heavy atom. The van der Waals surface area contributed by atoms with Crippen molar-refractivity contribution in [2.24, 2.45) is 5.73 Å². The van der Waals surface area contributed by atoms with Crippen LogP contribution in [0.2, 0.25) is 0 Å². The van der Waals surface area contributed by atoms with E-state index >= 15 is 0 Å². The molecule has 0 aliphatic heterocycles. The molecule has 54 valence electrons. The van der Waals surface area contributed by atoms with Gasteiger partial charge in [0.1, 0.15) is 4.73 Å². The van der Waals surface area contributed by atoms with Crippen LogP contribution in [0.5, 0.6) is 0 Å². The Hall–Kier alpha value is 0.540. The minimum absolute atomic E-state index is 0.572. The molecule has 0 rings (SSSR count). The van der Waals surface area contributed by atoms with Crippen LogP contribution in [0, 0.1) is 0 Å². The number of hydrogen-bond donors (Lipinski definition) is 1. The molecule has 0 heterocycles. The van der Waals surface area contributed by atoms with Gasteiger partial charge in [0.25, 0.3) is 0 Å². The highest BCUT2D eigenvalue weighted by Gasteiger charge is 2.13. The van der Waals surface area contributed by atoms with Crippen LogP contribution in [0.1, 0.15) is 13.8 Å². The third-order valence-electron chi connectivity index (χ3n) is 1.42. The summed E-state index contributed by atoms with van der Waals surface area (Å²) in [4.78, 5) is 0. The third-order valence-corrected chi connectivity index (χ3v) is 7.80. The largest absolute Gasteiger partial charge is 0.389 e. The molecule has 0 spiro atoms. The number of rotatable bonds is 3. The molecule has 0 unspecified atom stereocenters. The lowest BCUT2D eigenvalue weighted by atomic mass is 11.0. The van der Waals surface area contributed by atoms with E-state index in [0.717, 1.165) is 12.3 Å². The fourth-order valence-electron chi connectivity index (χ4n) is 0.535. The predicted molar refractivity (Wildman–Crippen MR) is 52.2 cm³/mol. The summed E-state index contributed by atoms with van der Waals surface area (Å²) in [5, 5.41) is 0. The van der Waals surface area contributed by atoms with Crippen molar-refractivity contribution in [3.63, 3.8) is 0 Å². The molecule has 0 bridgehead atoms. The maximum Gasteiger partial charge on any atom is 0.106 e. The molecule has 0 aromatic heterocycles. The van der Waals surface area contributed by atoms with Gasteiger partial charge in [0.15, 0.2) is 0 Å². The Bertz CT molecular complexity index is 147. The zero-order chi connectivity index (χ0) is 7.49. The lowest BCUT2D eigenvalue weighted by Gasteiger charge is -2.14. The summed E-state index contributed by atoms with van der Waals surface area (Å²) in [7, 11) is 0. The lowest BCUT2D eigenvalue weighted by molar-refractivity contribution is 1.42. The first-order valence-corrected chi connectivity index (χ1v) is 6.53. The van der Waals surface area contributed by atoms with E-state index in [1.54, 1.807) is 0 Å². The summed E-state index contributed by atoms with van der Waals surface area (Å²) in [6.45, 7) is 4.12. The van der Waals surface area contributed by atoms with Gasteiger partial charge in [-0.1, -0.05) is 37.9 Å². The van der Waals surface area contributed by atoms with E-state index < -0.39 is 6.04 Å². The van der Waals surface area contributed by atoms with Gasteiger partial charge in [-0.15, -0.1) is 0 Å². The van der Waals surface area contributed by atoms with Gasteiger partial charge < -0.3 is 5.73 Å². The van der Waals surface area contributed by atoms with Crippen molar-refractivity contribution in [3.05, 3.63) is 0 Å². The Morgan fingerprint density at radius 3 is 1.78 bits per heavy atom. The predicted octanol–water partition coefficient (Wildman–Crippen LogP) is 1.75. The molecule has 0 aromatic rings. The molecule has 0 aliphatic rings. The van der Waals surface area contributed by atoms with E-state index in [1.807, 2.05) is 0 Å². The molecule has 1 nitrogen and oxygen atoms in total. The standard InChI is InChI=1S/C5H12NPS2/c1-3-7(9,4-2)5(6)8/h3-4H2,1-2H3,(H2,6,8). The SMILES string of the molecule is CCP(=S)(CC)C(N)=S. The van der Waals surface area contributed by atoms with E-state index in [0.29, 0.717) is 4.73 Å². The second-order valence-corrected chi connectivity index (χ2v) is 8.22. The summed E-state index contributed by atoms with van der Waals surface area (Å²) >= 11 is 10.1. The summed E-state index contributed by atoms with van der Waals surface area (Å²) in [5.74, 6) is 0. The number of hydrogen-bond acceptors (Lipinski definition) is 2. The van der Waals surface area contributed by atoms with Crippen LogP contribution in [0.15, 0.2) is 0 Å². The monoisotopic (exact) mass is 181 g/mol. The Labute approximate surface area is 67.0 Å². The van der Waals surface area contributed by atoms with Crippen molar-refractivity contribution < 1.29 is 0 Å². The van der Waals surface area contributed by atoms with Crippen molar-refractivity contribution >= 4 is 34.8 Å². The highest BCUT2D eigenvalue weighted by atomic mass is 32.4. The average Bonchev–Trinajstić information content (AvgIpc) is 1.86. The van der Waals surface area contributed by atoms with Gasteiger partial charge in [-0.25, -0.2) is 0 Å². The third kappa shape index (κ3) is 2.32. The molecule has 2 N–H and O–H groups in total. The molecular formula is C5H12NPS2.